The van der Waals surface area contributed by atoms with Crippen LogP contribution in [0, 0.1) is 10.8 Å². The second-order valence-electron chi connectivity index (χ2n) is 9.88. The summed E-state index contributed by atoms with van der Waals surface area (Å²) in [4.78, 5) is 37.2. The van der Waals surface area contributed by atoms with Crippen molar-refractivity contribution in [3.63, 3.8) is 0 Å². The molecular formula is C25H48ClNO6. The molecule has 0 atom stereocenters. The van der Waals surface area contributed by atoms with Crippen molar-refractivity contribution in [1.29, 1.82) is 0 Å². The number of hydrogen-bond acceptors (Lipinski definition) is 7. The van der Waals surface area contributed by atoms with Crippen LogP contribution in [0.3, 0.4) is 0 Å². The van der Waals surface area contributed by atoms with Crippen LogP contribution in [-0.2, 0) is 28.6 Å². The maximum Gasteiger partial charge on any atom is 0.311 e. The van der Waals surface area contributed by atoms with E-state index >= 15 is 0 Å². The van der Waals surface area contributed by atoms with Crippen LogP contribution in [0.4, 0.5) is 0 Å². The molecule has 0 aliphatic rings. The maximum atomic E-state index is 12.6. The molecule has 0 spiro atoms. The van der Waals surface area contributed by atoms with Crippen LogP contribution in [0.25, 0.3) is 0 Å². The Labute approximate surface area is 207 Å². The van der Waals surface area contributed by atoms with Gasteiger partial charge in [-0.1, -0.05) is 52.4 Å². The lowest BCUT2D eigenvalue weighted by Gasteiger charge is -2.26. The minimum absolute atomic E-state index is 0. The monoisotopic (exact) mass is 493 g/mol. The van der Waals surface area contributed by atoms with Gasteiger partial charge in [-0.15, -0.1) is 12.4 Å². The number of nitrogens with two attached hydrogens (primary N) is 1. The number of hydrogen-bond donors (Lipinski definition) is 1. The van der Waals surface area contributed by atoms with Crippen molar-refractivity contribution in [1.82, 2.24) is 0 Å². The number of rotatable bonds is 18. The zero-order chi connectivity index (χ0) is 24.6. The average Bonchev–Trinajstić information content (AvgIpc) is 2.73. The first-order valence-electron chi connectivity index (χ1n) is 12.2. The third kappa shape index (κ3) is 15.2. The highest BCUT2D eigenvalue weighted by molar-refractivity contribution is 5.85. The first-order valence-corrected chi connectivity index (χ1v) is 12.2. The molecule has 0 radical (unpaired) electrons. The Balaban J connectivity index is 0. The van der Waals surface area contributed by atoms with Crippen LogP contribution < -0.4 is 5.73 Å². The molecule has 7 nitrogen and oxygen atoms in total. The third-order valence-corrected chi connectivity index (χ3v) is 5.60. The molecule has 0 aliphatic carbocycles. The van der Waals surface area contributed by atoms with E-state index in [1.54, 1.807) is 0 Å². The van der Waals surface area contributed by atoms with Crippen LogP contribution in [0.2, 0.25) is 0 Å². The lowest BCUT2D eigenvalue weighted by molar-refractivity contribution is -0.173. The van der Waals surface area contributed by atoms with Gasteiger partial charge in [-0.25, -0.2) is 0 Å². The first kappa shape index (κ1) is 33.8. The number of esters is 3. The summed E-state index contributed by atoms with van der Waals surface area (Å²) < 4.78 is 16.4. The Morgan fingerprint density at radius 2 is 1.18 bits per heavy atom. The van der Waals surface area contributed by atoms with E-state index in [0.717, 1.165) is 51.4 Å². The summed E-state index contributed by atoms with van der Waals surface area (Å²) in [6.07, 6.45) is 7.43. The van der Waals surface area contributed by atoms with Gasteiger partial charge < -0.3 is 19.9 Å². The number of carbonyl (C=O) groups is 3. The van der Waals surface area contributed by atoms with Crippen molar-refractivity contribution in [2.24, 2.45) is 16.6 Å². The van der Waals surface area contributed by atoms with Crippen LogP contribution >= 0.6 is 12.4 Å². The highest BCUT2D eigenvalue weighted by Crippen LogP contribution is 2.27. The lowest BCUT2D eigenvalue weighted by Crippen LogP contribution is -2.36. The molecule has 0 aliphatic heterocycles. The van der Waals surface area contributed by atoms with E-state index in [1.165, 1.54) is 0 Å². The van der Waals surface area contributed by atoms with E-state index < -0.39 is 22.9 Å². The van der Waals surface area contributed by atoms with Crippen LogP contribution in [-0.4, -0.2) is 43.8 Å². The van der Waals surface area contributed by atoms with E-state index in [2.05, 4.69) is 13.8 Å². The minimum Gasteiger partial charge on any atom is -0.461 e. The van der Waals surface area contributed by atoms with E-state index in [1.807, 2.05) is 27.7 Å². The molecule has 0 aromatic heterocycles. The molecule has 0 saturated heterocycles. The molecule has 0 unspecified atom stereocenters. The molecule has 0 aromatic carbocycles. The van der Waals surface area contributed by atoms with Gasteiger partial charge in [0.1, 0.15) is 13.2 Å². The third-order valence-electron chi connectivity index (χ3n) is 5.60. The molecule has 2 N–H and O–H groups in total. The van der Waals surface area contributed by atoms with Gasteiger partial charge in [-0.3, -0.25) is 14.4 Å². The van der Waals surface area contributed by atoms with Crippen molar-refractivity contribution in [2.75, 3.05) is 19.8 Å². The molecule has 0 aromatic rings. The summed E-state index contributed by atoms with van der Waals surface area (Å²) in [5.74, 6) is -1.14. The van der Waals surface area contributed by atoms with Gasteiger partial charge in [0.05, 0.1) is 10.8 Å². The molecule has 0 rings (SSSR count). The lowest BCUT2D eigenvalue weighted by atomic mass is 9.87. The van der Waals surface area contributed by atoms with Crippen molar-refractivity contribution < 1.29 is 28.6 Å². The number of ether oxygens (including phenoxy) is 3. The standard InChI is InChI=1S/C25H47NO6.ClH/c1-7-9-11-15-24(3,4)22(28)30-18-20(32-21(27)14-13-17-26)19-31-23(29)25(5,6)16-12-10-8-2;/h20H,7-19,26H2,1-6H3;1H. The van der Waals surface area contributed by atoms with Gasteiger partial charge in [-0.2, -0.15) is 0 Å². The van der Waals surface area contributed by atoms with Gasteiger partial charge in [-0.05, 0) is 53.5 Å². The highest BCUT2D eigenvalue weighted by atomic mass is 35.5. The predicted octanol–water partition coefficient (Wildman–Crippen LogP) is 5.36. The van der Waals surface area contributed by atoms with Crippen LogP contribution in [0.5, 0.6) is 0 Å². The molecule has 33 heavy (non-hydrogen) atoms. The van der Waals surface area contributed by atoms with Crippen molar-refractivity contribution in [2.45, 2.75) is 112 Å². The fourth-order valence-electron chi connectivity index (χ4n) is 3.17. The summed E-state index contributed by atoms with van der Waals surface area (Å²) in [6.45, 7) is 11.7. The first-order chi connectivity index (χ1) is 15.0. The molecule has 0 heterocycles. The number of unbranched alkanes of at least 4 members (excludes halogenated alkanes) is 4. The normalized spacial score (nSPS) is 11.6. The average molecular weight is 494 g/mol. The maximum absolute atomic E-state index is 12.6. The summed E-state index contributed by atoms with van der Waals surface area (Å²) in [7, 11) is 0. The second-order valence-corrected chi connectivity index (χ2v) is 9.88. The zero-order valence-electron chi connectivity index (χ0n) is 21.7. The topological polar surface area (TPSA) is 105 Å². The Hall–Kier alpha value is -1.34. The van der Waals surface area contributed by atoms with Crippen molar-refractivity contribution in [3.05, 3.63) is 0 Å². The predicted molar refractivity (Wildman–Crippen MR) is 133 cm³/mol. The van der Waals surface area contributed by atoms with E-state index in [4.69, 9.17) is 19.9 Å². The van der Waals surface area contributed by atoms with Gasteiger partial charge in [0, 0.05) is 6.42 Å². The van der Waals surface area contributed by atoms with Gasteiger partial charge >= 0.3 is 17.9 Å². The molecule has 0 amide bonds. The van der Waals surface area contributed by atoms with Gasteiger partial charge in [0.15, 0.2) is 6.10 Å². The quantitative estimate of drug-likeness (QED) is 0.156. The zero-order valence-corrected chi connectivity index (χ0v) is 22.5. The van der Waals surface area contributed by atoms with Gasteiger partial charge in [0.2, 0.25) is 0 Å². The SMILES string of the molecule is CCCCCC(C)(C)C(=O)OCC(COC(=O)C(C)(C)CCCCC)OC(=O)CCCN.Cl. The molecule has 0 bridgehead atoms. The van der Waals surface area contributed by atoms with E-state index in [9.17, 15) is 14.4 Å². The molecule has 196 valence electrons. The largest absolute Gasteiger partial charge is 0.461 e. The number of carbonyl (C=O) groups excluding carboxylic acids is 3. The molecule has 8 heteroatoms. The van der Waals surface area contributed by atoms with Crippen LogP contribution in [0.15, 0.2) is 0 Å². The molecule has 0 saturated carbocycles. The highest BCUT2D eigenvalue weighted by Gasteiger charge is 2.32. The minimum atomic E-state index is -0.842. The van der Waals surface area contributed by atoms with Gasteiger partial charge in [0.25, 0.3) is 0 Å². The smallest absolute Gasteiger partial charge is 0.311 e. The summed E-state index contributed by atoms with van der Waals surface area (Å²) in [6, 6.07) is 0. The van der Waals surface area contributed by atoms with Crippen molar-refractivity contribution >= 4 is 30.3 Å². The summed E-state index contributed by atoms with van der Waals surface area (Å²) in [5.41, 5.74) is 4.21. The molecule has 0 fully saturated rings. The Kier molecular flexibility index (Phi) is 18.5. The van der Waals surface area contributed by atoms with Crippen molar-refractivity contribution in [3.8, 4) is 0 Å². The Morgan fingerprint density at radius 3 is 1.55 bits per heavy atom. The fourth-order valence-corrected chi connectivity index (χ4v) is 3.17. The summed E-state index contributed by atoms with van der Waals surface area (Å²) >= 11 is 0. The van der Waals surface area contributed by atoms with E-state index in [-0.39, 0.29) is 44.0 Å². The summed E-state index contributed by atoms with van der Waals surface area (Å²) in [5, 5.41) is 0. The Morgan fingerprint density at radius 1 is 0.758 bits per heavy atom. The fraction of sp³-hybridized carbons (Fsp3) is 0.880. The van der Waals surface area contributed by atoms with Crippen LogP contribution in [0.1, 0.15) is 106 Å². The second kappa shape index (κ2) is 18.0. The Bertz CT molecular complexity index is 527. The number of halogens is 1. The molecular weight excluding hydrogens is 446 g/mol. The van der Waals surface area contributed by atoms with E-state index in [0.29, 0.717) is 13.0 Å².